The van der Waals surface area contributed by atoms with Gasteiger partial charge in [0.1, 0.15) is 25.2 Å². The van der Waals surface area contributed by atoms with Crippen molar-refractivity contribution in [3.05, 3.63) is 48.6 Å². The van der Waals surface area contributed by atoms with Gasteiger partial charge < -0.3 is 39.0 Å². The zero-order chi connectivity index (χ0) is 42.8. The average molecular weight is 839 g/mol. The molecule has 58 heavy (non-hydrogen) atoms. The van der Waals surface area contributed by atoms with Crippen LogP contribution in [0.15, 0.2) is 48.6 Å². The van der Waals surface area contributed by atoms with Gasteiger partial charge in [0.2, 0.25) is 0 Å². The monoisotopic (exact) mass is 839 g/mol. The molecule has 3 atom stereocenters. The summed E-state index contributed by atoms with van der Waals surface area (Å²) in [7, 11) is -4.96. The topological polar surface area (TPSA) is 179 Å². The number of hydrogen-bond acceptors (Lipinski definition) is 10. The van der Waals surface area contributed by atoms with Crippen LogP contribution in [0.25, 0.3) is 0 Å². The minimum Gasteiger partial charge on any atom is -0.756 e. The molecule has 1 unspecified atom stereocenters. The Labute approximate surface area is 352 Å². The number of carboxylic acids is 1. The number of esters is 2. The first-order valence-corrected chi connectivity index (χ1v) is 24.2. The molecular formula is C46H81NO10P-. The van der Waals surface area contributed by atoms with E-state index in [9.17, 15) is 28.9 Å². The van der Waals surface area contributed by atoms with Crippen molar-refractivity contribution in [2.24, 2.45) is 0 Å². The van der Waals surface area contributed by atoms with Crippen LogP contribution in [0.4, 0.5) is 0 Å². The van der Waals surface area contributed by atoms with Crippen LogP contribution in [0.1, 0.15) is 194 Å². The predicted molar refractivity (Wildman–Crippen MR) is 229 cm³/mol. The molecule has 0 aromatic rings. The number of rotatable bonds is 42. The van der Waals surface area contributed by atoms with Gasteiger partial charge in [-0.1, -0.05) is 159 Å². The molecule has 336 valence electrons. The summed E-state index contributed by atoms with van der Waals surface area (Å²) in [6, 6.07) is -1.43. The first-order chi connectivity index (χ1) is 28.1. The summed E-state index contributed by atoms with van der Waals surface area (Å²) in [6.07, 6.45) is 45.8. The smallest absolute Gasteiger partial charge is 0.306 e. The third-order valence-corrected chi connectivity index (χ3v) is 10.5. The molecule has 0 bridgehead atoms. The van der Waals surface area contributed by atoms with Gasteiger partial charge in [-0.15, -0.1) is 0 Å². The number of carboxylic acid groups (broad SMARTS) is 1. The number of quaternary nitrogens is 1. The second-order valence-electron chi connectivity index (χ2n) is 15.2. The number of aliphatic carboxylic acids is 1. The molecule has 0 aromatic carbocycles. The van der Waals surface area contributed by atoms with E-state index in [1.165, 1.54) is 83.5 Å². The Morgan fingerprint density at radius 2 is 0.966 bits per heavy atom. The Kier molecular flexibility index (Phi) is 39.4. The third-order valence-electron chi connectivity index (χ3n) is 9.59. The molecule has 0 aliphatic heterocycles. The van der Waals surface area contributed by atoms with E-state index >= 15 is 0 Å². The molecular weight excluding hydrogens is 757 g/mol. The Morgan fingerprint density at radius 1 is 0.552 bits per heavy atom. The summed E-state index contributed by atoms with van der Waals surface area (Å²) in [5, 5.41) is 10.8. The molecule has 3 N–H and O–H groups in total. The lowest BCUT2D eigenvalue weighted by molar-refractivity contribution is -0.441. The van der Waals surface area contributed by atoms with Crippen molar-refractivity contribution < 1.29 is 53.2 Å². The van der Waals surface area contributed by atoms with Crippen LogP contribution in [0.3, 0.4) is 0 Å². The van der Waals surface area contributed by atoms with E-state index in [1.807, 2.05) is 0 Å². The first kappa shape index (κ1) is 55.4. The molecule has 11 nitrogen and oxygen atoms in total. The quantitative estimate of drug-likeness (QED) is 0.0269. The summed E-state index contributed by atoms with van der Waals surface area (Å²) >= 11 is 0. The van der Waals surface area contributed by atoms with Gasteiger partial charge in [-0.25, -0.2) is 0 Å². The molecule has 0 aliphatic rings. The normalized spacial score (nSPS) is 14.1. The Balaban J connectivity index is 4.33. The van der Waals surface area contributed by atoms with Crippen molar-refractivity contribution in [3.63, 3.8) is 0 Å². The maximum absolute atomic E-state index is 12.6. The average Bonchev–Trinajstić information content (AvgIpc) is 3.20. The Morgan fingerprint density at radius 3 is 1.47 bits per heavy atom. The molecule has 0 radical (unpaired) electrons. The minimum atomic E-state index is -4.96. The molecule has 0 saturated carbocycles. The molecule has 0 fully saturated rings. The van der Waals surface area contributed by atoms with Crippen LogP contribution in [0, 0.1) is 0 Å². The minimum absolute atomic E-state index is 0.126. The Hall–Kier alpha value is -2.56. The van der Waals surface area contributed by atoms with E-state index in [1.54, 1.807) is 0 Å². The van der Waals surface area contributed by atoms with E-state index < -0.39 is 51.1 Å². The van der Waals surface area contributed by atoms with Gasteiger partial charge in [0.15, 0.2) is 6.10 Å². The highest BCUT2D eigenvalue weighted by Gasteiger charge is 2.22. The van der Waals surface area contributed by atoms with Crippen molar-refractivity contribution in [1.82, 2.24) is 0 Å². The highest BCUT2D eigenvalue weighted by molar-refractivity contribution is 7.45. The maximum Gasteiger partial charge on any atom is 0.306 e. The predicted octanol–water partition coefficient (Wildman–Crippen LogP) is 9.49. The lowest BCUT2D eigenvalue weighted by Gasteiger charge is -2.26. The van der Waals surface area contributed by atoms with Crippen molar-refractivity contribution in [2.75, 3.05) is 19.8 Å². The third kappa shape index (κ3) is 40.2. The van der Waals surface area contributed by atoms with Crippen molar-refractivity contribution >= 4 is 25.7 Å². The summed E-state index contributed by atoms with van der Waals surface area (Å²) in [5.41, 5.74) is 3.24. The molecule has 0 spiro atoms. The summed E-state index contributed by atoms with van der Waals surface area (Å²) in [6.45, 7) is 2.57. The van der Waals surface area contributed by atoms with Gasteiger partial charge >= 0.3 is 11.9 Å². The van der Waals surface area contributed by atoms with Gasteiger partial charge in [-0.3, -0.25) is 14.2 Å². The zero-order valence-corrected chi connectivity index (χ0v) is 37.3. The van der Waals surface area contributed by atoms with Crippen LogP contribution >= 0.6 is 7.82 Å². The van der Waals surface area contributed by atoms with Crippen molar-refractivity contribution in [2.45, 2.75) is 206 Å². The number of unbranched alkanes of at least 4 members (excludes halogenated alkanes) is 20. The van der Waals surface area contributed by atoms with Crippen LogP contribution < -0.4 is 15.7 Å². The summed E-state index contributed by atoms with van der Waals surface area (Å²) in [5.74, 6) is -2.60. The van der Waals surface area contributed by atoms with Gasteiger partial charge in [0.25, 0.3) is 7.82 Å². The van der Waals surface area contributed by atoms with Gasteiger partial charge in [0.05, 0.1) is 6.61 Å². The molecule has 0 rings (SSSR count). The van der Waals surface area contributed by atoms with Crippen LogP contribution in [-0.2, 0) is 37.5 Å². The summed E-state index contributed by atoms with van der Waals surface area (Å²) < 4.78 is 32.4. The van der Waals surface area contributed by atoms with E-state index in [-0.39, 0.29) is 19.4 Å². The number of carbonyl (C=O) groups excluding carboxylic acids is 3. The van der Waals surface area contributed by atoms with Crippen molar-refractivity contribution in [3.8, 4) is 0 Å². The Bertz CT molecular complexity index is 1170. The fraction of sp³-hybridized carbons (Fsp3) is 0.761. The largest absolute Gasteiger partial charge is 0.756 e. The fourth-order valence-corrected chi connectivity index (χ4v) is 6.80. The first-order valence-electron chi connectivity index (χ1n) is 22.7. The van der Waals surface area contributed by atoms with Crippen LogP contribution in [0.5, 0.6) is 0 Å². The fourth-order valence-electron chi connectivity index (χ4n) is 6.02. The van der Waals surface area contributed by atoms with Gasteiger partial charge in [-0.05, 0) is 70.6 Å². The van der Waals surface area contributed by atoms with E-state index in [4.69, 9.17) is 14.0 Å². The molecule has 12 heteroatoms. The molecule has 0 heterocycles. The number of phosphoric acid groups is 1. The standard InChI is InChI=1S/C46H82NO10P/c1-3-5-7-9-11-13-15-17-19-20-21-22-24-25-27-29-31-33-35-37-44(48)54-39-42(40-55-58(52,53)56-41-43(47)46(50)51)57-45(49)38-36-34-32-30-28-26-23-18-16-14-12-10-8-6-4-2/h6,8,12,14,17-19,23,42-43H,3-5,7,9-11,13,15-16,20-22,24-41,47H2,1-2H3,(H,50,51)(H,52,53)/p-1/b8-6-,14-12-,19-17-,23-18-/t42-,43+/m1/s1. The van der Waals surface area contributed by atoms with E-state index in [2.05, 4.69) is 72.7 Å². The molecule has 0 aliphatic carbocycles. The van der Waals surface area contributed by atoms with Crippen LogP contribution in [0.2, 0.25) is 0 Å². The highest BCUT2D eigenvalue weighted by Crippen LogP contribution is 2.38. The summed E-state index contributed by atoms with van der Waals surface area (Å²) in [4.78, 5) is 48.1. The zero-order valence-electron chi connectivity index (χ0n) is 36.4. The molecule has 0 aromatic heterocycles. The SMILES string of the molecule is CC/C=C\C/C=C\C/C=C\CCCCCCCC(=O)O[C@H](COC(=O)CCCCCCCCCCC/C=C\CCCCCCCC)COP(=O)([O-])OC[C@H]([NH3+])C(=O)[O-]. The highest BCUT2D eigenvalue weighted by atomic mass is 31.2. The second-order valence-corrected chi connectivity index (χ2v) is 16.6. The number of allylic oxidation sites excluding steroid dienone is 8. The van der Waals surface area contributed by atoms with E-state index in [0.29, 0.717) is 12.8 Å². The number of ether oxygens (including phenoxy) is 2. The number of phosphoric ester groups is 1. The van der Waals surface area contributed by atoms with Gasteiger partial charge in [-0.2, -0.15) is 0 Å². The lowest BCUT2D eigenvalue weighted by Crippen LogP contribution is -2.70. The number of hydrogen-bond donors (Lipinski definition) is 1. The van der Waals surface area contributed by atoms with Crippen LogP contribution in [-0.4, -0.2) is 49.9 Å². The van der Waals surface area contributed by atoms with Gasteiger partial charge in [0, 0.05) is 12.8 Å². The molecule has 0 amide bonds. The van der Waals surface area contributed by atoms with E-state index in [0.717, 1.165) is 70.6 Å². The number of carbonyl (C=O) groups is 3. The lowest BCUT2D eigenvalue weighted by atomic mass is 10.1. The van der Waals surface area contributed by atoms with Crippen molar-refractivity contribution in [1.29, 1.82) is 0 Å². The second kappa shape index (κ2) is 41.2. The molecule has 0 saturated heterocycles. The maximum atomic E-state index is 12.6.